The second-order valence-corrected chi connectivity index (χ2v) is 5.49. The van der Waals surface area contributed by atoms with Crippen LogP contribution in [0.5, 0.6) is 0 Å². The van der Waals surface area contributed by atoms with Gasteiger partial charge in [0.05, 0.1) is 6.54 Å². The van der Waals surface area contributed by atoms with Crippen molar-refractivity contribution in [3.05, 3.63) is 0 Å². The molecule has 0 radical (unpaired) electrons. The van der Waals surface area contributed by atoms with Crippen molar-refractivity contribution < 1.29 is 4.79 Å². The van der Waals surface area contributed by atoms with Crippen LogP contribution in [-0.4, -0.2) is 54.5 Å². The second-order valence-electron chi connectivity index (χ2n) is 5.49. The number of carbonyl (C=O) groups is 1. The van der Waals surface area contributed by atoms with Gasteiger partial charge in [-0.25, -0.2) is 0 Å². The molecule has 0 aromatic carbocycles. The highest BCUT2D eigenvalue weighted by Crippen LogP contribution is 2.29. The molecule has 2 rings (SSSR count). The van der Waals surface area contributed by atoms with Gasteiger partial charge in [0.1, 0.15) is 0 Å². The molecule has 0 spiro atoms. The number of likely N-dealkylation sites (tertiary alicyclic amines) is 1. The van der Waals surface area contributed by atoms with Crippen LogP contribution in [0.15, 0.2) is 0 Å². The van der Waals surface area contributed by atoms with E-state index in [1.165, 1.54) is 12.8 Å². The number of nitrogens with two attached hydrogens (primary N) is 1. The van der Waals surface area contributed by atoms with Gasteiger partial charge < -0.3 is 10.6 Å². The summed E-state index contributed by atoms with van der Waals surface area (Å²) < 4.78 is 0. The Labute approximate surface area is 104 Å². The van der Waals surface area contributed by atoms with Crippen molar-refractivity contribution in [3.63, 3.8) is 0 Å². The van der Waals surface area contributed by atoms with Crippen LogP contribution in [0.25, 0.3) is 0 Å². The fraction of sp³-hybridized carbons (Fsp3) is 0.923. The van der Waals surface area contributed by atoms with Crippen LogP contribution in [0.4, 0.5) is 0 Å². The highest BCUT2D eigenvalue weighted by Gasteiger charge is 2.27. The lowest BCUT2D eigenvalue weighted by Crippen LogP contribution is -2.46. The highest BCUT2D eigenvalue weighted by molar-refractivity contribution is 5.78. The van der Waals surface area contributed by atoms with Gasteiger partial charge in [0.15, 0.2) is 0 Å². The number of piperidine rings is 1. The van der Waals surface area contributed by atoms with Crippen LogP contribution < -0.4 is 5.73 Å². The van der Waals surface area contributed by atoms with Gasteiger partial charge in [0, 0.05) is 32.2 Å². The Hall–Kier alpha value is -0.610. The molecule has 98 valence electrons. The topological polar surface area (TPSA) is 49.6 Å². The maximum Gasteiger partial charge on any atom is 0.236 e. The summed E-state index contributed by atoms with van der Waals surface area (Å²) in [7, 11) is 0. The van der Waals surface area contributed by atoms with Gasteiger partial charge in [0.2, 0.25) is 5.91 Å². The van der Waals surface area contributed by atoms with Crippen molar-refractivity contribution in [1.82, 2.24) is 9.80 Å². The largest absolute Gasteiger partial charge is 0.342 e. The summed E-state index contributed by atoms with van der Waals surface area (Å²) in [4.78, 5) is 16.4. The Morgan fingerprint density at radius 1 is 1.29 bits per heavy atom. The van der Waals surface area contributed by atoms with Gasteiger partial charge in [0.25, 0.3) is 0 Å². The van der Waals surface area contributed by atoms with Crippen molar-refractivity contribution in [2.24, 2.45) is 11.7 Å². The third kappa shape index (κ3) is 3.96. The second kappa shape index (κ2) is 5.83. The molecule has 0 bridgehead atoms. The van der Waals surface area contributed by atoms with Gasteiger partial charge in [-0.15, -0.1) is 0 Å². The number of carbonyl (C=O) groups excluding carboxylic acids is 1. The lowest BCUT2D eigenvalue weighted by atomic mass is 10.1. The molecule has 2 N–H and O–H groups in total. The monoisotopic (exact) mass is 239 g/mol. The summed E-state index contributed by atoms with van der Waals surface area (Å²) in [5.74, 6) is 1.09. The van der Waals surface area contributed by atoms with E-state index in [0.717, 1.165) is 44.9 Å². The average Bonchev–Trinajstić information content (AvgIpc) is 3.13. The van der Waals surface area contributed by atoms with Crippen LogP contribution in [-0.2, 0) is 4.79 Å². The first-order valence-electron chi connectivity index (χ1n) is 6.94. The molecule has 4 heteroatoms. The first-order valence-corrected chi connectivity index (χ1v) is 6.94. The lowest BCUT2D eigenvalue weighted by Gasteiger charge is -2.31. The number of hydrogen-bond donors (Lipinski definition) is 1. The fourth-order valence-corrected chi connectivity index (χ4v) is 2.42. The Morgan fingerprint density at radius 3 is 2.47 bits per heavy atom. The van der Waals surface area contributed by atoms with Crippen molar-refractivity contribution in [2.75, 3.05) is 32.7 Å². The normalized spacial score (nSPS) is 22.7. The van der Waals surface area contributed by atoms with E-state index in [1.807, 2.05) is 4.90 Å². The fourth-order valence-electron chi connectivity index (χ4n) is 2.42. The quantitative estimate of drug-likeness (QED) is 0.767. The summed E-state index contributed by atoms with van der Waals surface area (Å²) in [6, 6.07) is 0.343. The zero-order valence-corrected chi connectivity index (χ0v) is 10.9. The average molecular weight is 239 g/mol. The molecule has 0 atom stereocenters. The van der Waals surface area contributed by atoms with E-state index in [2.05, 4.69) is 11.8 Å². The van der Waals surface area contributed by atoms with E-state index in [1.54, 1.807) is 0 Å². The van der Waals surface area contributed by atoms with Crippen LogP contribution in [0.3, 0.4) is 0 Å². The first kappa shape index (κ1) is 12.8. The summed E-state index contributed by atoms with van der Waals surface area (Å²) in [5, 5.41) is 0. The van der Waals surface area contributed by atoms with E-state index < -0.39 is 0 Å². The smallest absolute Gasteiger partial charge is 0.236 e. The summed E-state index contributed by atoms with van der Waals surface area (Å²) in [6.45, 7) is 6.45. The van der Waals surface area contributed by atoms with Crippen molar-refractivity contribution in [2.45, 2.75) is 38.6 Å². The molecule has 17 heavy (non-hydrogen) atoms. The van der Waals surface area contributed by atoms with Crippen LogP contribution in [0.1, 0.15) is 32.6 Å². The zero-order valence-electron chi connectivity index (χ0n) is 10.9. The van der Waals surface area contributed by atoms with Crippen molar-refractivity contribution in [3.8, 4) is 0 Å². The molecule has 2 fully saturated rings. The summed E-state index contributed by atoms with van der Waals surface area (Å²) >= 11 is 0. The number of amides is 1. The number of nitrogens with zero attached hydrogens (tertiary/aromatic N) is 2. The van der Waals surface area contributed by atoms with E-state index in [9.17, 15) is 4.79 Å². The Morgan fingerprint density at radius 2 is 1.94 bits per heavy atom. The molecule has 1 aliphatic carbocycles. The minimum atomic E-state index is 0.301. The SMILES string of the molecule is CCN(CC1CC1)C(=O)CN1CCC(N)CC1. The third-order valence-electron chi connectivity index (χ3n) is 3.90. The lowest BCUT2D eigenvalue weighted by molar-refractivity contribution is -0.132. The molecule has 0 aromatic heterocycles. The molecule has 1 amide bonds. The zero-order chi connectivity index (χ0) is 12.3. The van der Waals surface area contributed by atoms with Crippen molar-refractivity contribution >= 4 is 5.91 Å². The molecule has 1 saturated carbocycles. The first-order chi connectivity index (χ1) is 8.19. The van der Waals surface area contributed by atoms with Crippen LogP contribution in [0, 0.1) is 5.92 Å². The minimum Gasteiger partial charge on any atom is -0.342 e. The van der Waals surface area contributed by atoms with E-state index in [0.29, 0.717) is 18.5 Å². The predicted octanol–water partition coefficient (Wildman–Crippen LogP) is 0.668. The number of rotatable bonds is 5. The standard InChI is InChI=1S/C13H25N3O/c1-2-16(9-11-3-4-11)13(17)10-15-7-5-12(14)6-8-15/h11-12H,2-10,14H2,1H3. The Balaban J connectivity index is 1.74. The highest BCUT2D eigenvalue weighted by atomic mass is 16.2. The van der Waals surface area contributed by atoms with Gasteiger partial charge in [-0.2, -0.15) is 0 Å². The third-order valence-corrected chi connectivity index (χ3v) is 3.90. The van der Waals surface area contributed by atoms with Crippen LogP contribution >= 0.6 is 0 Å². The molecule has 0 aromatic rings. The van der Waals surface area contributed by atoms with E-state index in [-0.39, 0.29) is 0 Å². The van der Waals surface area contributed by atoms with E-state index in [4.69, 9.17) is 5.73 Å². The molecule has 1 heterocycles. The molecule has 1 aliphatic heterocycles. The predicted molar refractivity (Wildman–Crippen MR) is 68.6 cm³/mol. The Bertz CT molecular complexity index is 257. The summed E-state index contributed by atoms with van der Waals surface area (Å²) in [6.07, 6.45) is 4.68. The number of likely N-dealkylation sites (N-methyl/N-ethyl adjacent to an activating group) is 1. The maximum absolute atomic E-state index is 12.1. The minimum absolute atomic E-state index is 0.301. The summed E-state index contributed by atoms with van der Waals surface area (Å²) in [5.41, 5.74) is 5.87. The molecular weight excluding hydrogens is 214 g/mol. The maximum atomic E-state index is 12.1. The molecule has 1 saturated heterocycles. The van der Waals surface area contributed by atoms with E-state index >= 15 is 0 Å². The van der Waals surface area contributed by atoms with Gasteiger partial charge >= 0.3 is 0 Å². The van der Waals surface area contributed by atoms with Crippen LogP contribution in [0.2, 0.25) is 0 Å². The molecule has 2 aliphatic rings. The van der Waals surface area contributed by atoms with Gasteiger partial charge in [-0.1, -0.05) is 0 Å². The molecular formula is C13H25N3O. The van der Waals surface area contributed by atoms with Gasteiger partial charge in [-0.3, -0.25) is 9.69 Å². The Kier molecular flexibility index (Phi) is 4.40. The van der Waals surface area contributed by atoms with Crippen molar-refractivity contribution in [1.29, 1.82) is 0 Å². The molecule has 4 nitrogen and oxygen atoms in total. The van der Waals surface area contributed by atoms with Gasteiger partial charge in [-0.05, 0) is 38.5 Å². The molecule has 0 unspecified atom stereocenters. The number of hydrogen-bond acceptors (Lipinski definition) is 3.